The molecule has 55 heavy (non-hydrogen) atoms. The van der Waals surface area contributed by atoms with E-state index in [2.05, 4.69) is 43.7 Å². The van der Waals surface area contributed by atoms with Crippen LogP contribution in [0.1, 0.15) is 213 Å². The second kappa shape index (κ2) is 39.0. The number of ether oxygens (including phenoxy) is 3. The highest BCUT2D eigenvalue weighted by Gasteiger charge is 2.12. The molecule has 3 unspecified atom stereocenters. The largest absolute Gasteiger partial charge is 0.466 e. The van der Waals surface area contributed by atoms with Gasteiger partial charge in [0.15, 0.2) is 0 Å². The summed E-state index contributed by atoms with van der Waals surface area (Å²) in [6.07, 6.45) is 36.9. The molecule has 1 heterocycles. The van der Waals surface area contributed by atoms with Crippen molar-refractivity contribution in [1.29, 1.82) is 0 Å². The Kier molecular flexibility index (Phi) is 36.3. The summed E-state index contributed by atoms with van der Waals surface area (Å²) in [5.74, 6) is 1.65. The standard InChI is InChI=1S/C49H89NO5/c1-5-8-29-45(4)36-42-54-48(51)34-24-19-15-11-13-17-22-32-47(44-53-41-28-40-50-38-26-21-27-39-50)33-23-18-14-12-16-20-25-35-49(52)55-43-37-46(30-9-6-2)31-10-7-3/h30,45-47H,2,5,7-8,10-29,31-44H2,1,3-4H3. The van der Waals surface area contributed by atoms with Gasteiger partial charge in [-0.25, -0.2) is 0 Å². The van der Waals surface area contributed by atoms with Crippen LogP contribution in [0.25, 0.3) is 0 Å². The molecular weight excluding hydrogens is 683 g/mol. The van der Waals surface area contributed by atoms with Gasteiger partial charge in [0.25, 0.3) is 0 Å². The first-order chi connectivity index (χ1) is 27.0. The zero-order valence-corrected chi connectivity index (χ0v) is 36.7. The van der Waals surface area contributed by atoms with E-state index in [0.29, 0.717) is 43.8 Å². The van der Waals surface area contributed by atoms with Gasteiger partial charge in [-0.3, -0.25) is 9.59 Å². The van der Waals surface area contributed by atoms with Gasteiger partial charge in [0.2, 0.25) is 0 Å². The number of allylic oxidation sites excluding steroid dienone is 1. The minimum absolute atomic E-state index is 0.00863. The first-order valence-corrected chi connectivity index (χ1v) is 23.7. The summed E-state index contributed by atoms with van der Waals surface area (Å²) in [6.45, 7) is 16.9. The minimum atomic E-state index is -0.0513. The number of carbonyl (C=O) groups is 2. The van der Waals surface area contributed by atoms with Crippen molar-refractivity contribution in [2.24, 2.45) is 17.8 Å². The third-order valence-electron chi connectivity index (χ3n) is 11.6. The number of esters is 2. The van der Waals surface area contributed by atoms with Crippen molar-refractivity contribution in [2.75, 3.05) is 46.1 Å². The molecule has 0 bridgehead atoms. The first-order valence-electron chi connectivity index (χ1n) is 23.7. The zero-order valence-electron chi connectivity index (χ0n) is 36.7. The molecule has 0 amide bonds. The van der Waals surface area contributed by atoms with Gasteiger partial charge in [-0.05, 0) is 108 Å². The zero-order chi connectivity index (χ0) is 39.9. The van der Waals surface area contributed by atoms with E-state index < -0.39 is 0 Å². The molecule has 0 radical (unpaired) electrons. The van der Waals surface area contributed by atoms with Gasteiger partial charge in [0, 0.05) is 32.6 Å². The van der Waals surface area contributed by atoms with Gasteiger partial charge >= 0.3 is 11.9 Å². The number of piperidine rings is 1. The third-order valence-corrected chi connectivity index (χ3v) is 11.6. The molecule has 1 aliphatic heterocycles. The summed E-state index contributed by atoms with van der Waals surface area (Å²) in [7, 11) is 0. The molecule has 1 saturated heterocycles. The van der Waals surface area contributed by atoms with Gasteiger partial charge in [-0.1, -0.05) is 148 Å². The molecule has 320 valence electrons. The van der Waals surface area contributed by atoms with Crippen LogP contribution in [0.15, 0.2) is 24.1 Å². The predicted molar refractivity (Wildman–Crippen MR) is 232 cm³/mol. The van der Waals surface area contributed by atoms with Crippen LogP contribution in [0, 0.1) is 17.8 Å². The van der Waals surface area contributed by atoms with Crippen molar-refractivity contribution >= 4 is 11.9 Å². The maximum atomic E-state index is 12.2. The van der Waals surface area contributed by atoms with Gasteiger partial charge in [-0.15, -0.1) is 0 Å². The lowest BCUT2D eigenvalue weighted by molar-refractivity contribution is -0.145. The Morgan fingerprint density at radius 3 is 1.71 bits per heavy atom. The molecule has 0 saturated carbocycles. The van der Waals surface area contributed by atoms with Crippen molar-refractivity contribution in [1.82, 2.24) is 4.90 Å². The number of unbranched alkanes of at least 4 members (excludes halogenated alkanes) is 14. The Bertz CT molecular complexity index is 964. The lowest BCUT2D eigenvalue weighted by atomic mass is 9.94. The number of nitrogens with zero attached hydrogens (tertiary/aromatic N) is 1. The molecule has 3 atom stereocenters. The Morgan fingerprint density at radius 1 is 0.618 bits per heavy atom. The van der Waals surface area contributed by atoms with Crippen LogP contribution in [-0.2, 0) is 23.8 Å². The smallest absolute Gasteiger partial charge is 0.305 e. The normalized spacial score (nSPS) is 14.8. The lowest BCUT2D eigenvalue weighted by Crippen LogP contribution is -2.31. The highest BCUT2D eigenvalue weighted by Crippen LogP contribution is 2.21. The van der Waals surface area contributed by atoms with Crippen molar-refractivity contribution in [2.45, 2.75) is 213 Å². The molecule has 0 aromatic carbocycles. The monoisotopic (exact) mass is 772 g/mol. The van der Waals surface area contributed by atoms with Crippen LogP contribution in [-0.4, -0.2) is 62.9 Å². The average molecular weight is 772 g/mol. The summed E-state index contributed by atoms with van der Waals surface area (Å²) in [6, 6.07) is 0. The molecule has 0 spiro atoms. The quantitative estimate of drug-likeness (QED) is 0.0352. The van der Waals surface area contributed by atoms with Crippen LogP contribution in [0.4, 0.5) is 0 Å². The fraction of sp³-hybridized carbons (Fsp3) is 0.878. The third kappa shape index (κ3) is 34.0. The second-order valence-corrected chi connectivity index (χ2v) is 16.9. The van der Waals surface area contributed by atoms with E-state index in [1.54, 1.807) is 0 Å². The van der Waals surface area contributed by atoms with Gasteiger partial charge in [0.05, 0.1) is 13.2 Å². The van der Waals surface area contributed by atoms with E-state index >= 15 is 0 Å². The van der Waals surface area contributed by atoms with E-state index in [0.717, 1.165) is 64.6 Å². The minimum Gasteiger partial charge on any atom is -0.466 e. The summed E-state index contributed by atoms with van der Waals surface area (Å²) in [4.78, 5) is 26.9. The summed E-state index contributed by atoms with van der Waals surface area (Å²) in [5, 5.41) is 0. The highest BCUT2D eigenvalue weighted by atomic mass is 16.5. The highest BCUT2D eigenvalue weighted by molar-refractivity contribution is 5.69. The van der Waals surface area contributed by atoms with Crippen molar-refractivity contribution in [3.05, 3.63) is 24.1 Å². The average Bonchev–Trinajstić information content (AvgIpc) is 3.19. The Balaban J connectivity index is 2.17. The number of hydrogen-bond donors (Lipinski definition) is 0. The number of likely N-dealkylation sites (tertiary alicyclic amines) is 1. The topological polar surface area (TPSA) is 65.1 Å². The molecule has 1 aliphatic rings. The molecular formula is C49H89NO5. The fourth-order valence-corrected chi connectivity index (χ4v) is 7.80. The number of rotatable bonds is 39. The van der Waals surface area contributed by atoms with Crippen LogP contribution in [0.2, 0.25) is 0 Å². The summed E-state index contributed by atoms with van der Waals surface area (Å²) in [5.41, 5.74) is 5.68. The first kappa shape index (κ1) is 51.2. The van der Waals surface area contributed by atoms with Gasteiger partial charge in [-0.2, -0.15) is 0 Å². The van der Waals surface area contributed by atoms with Crippen LogP contribution in [0.5, 0.6) is 0 Å². The summed E-state index contributed by atoms with van der Waals surface area (Å²) >= 11 is 0. The molecule has 0 aromatic rings. The molecule has 6 nitrogen and oxygen atoms in total. The Hall–Kier alpha value is -1.84. The summed E-state index contributed by atoms with van der Waals surface area (Å²) < 4.78 is 17.3. The van der Waals surface area contributed by atoms with Crippen LogP contribution < -0.4 is 0 Å². The molecule has 0 N–H and O–H groups in total. The van der Waals surface area contributed by atoms with E-state index in [-0.39, 0.29) is 11.9 Å². The molecule has 1 fully saturated rings. The van der Waals surface area contributed by atoms with Crippen molar-refractivity contribution in [3.63, 3.8) is 0 Å². The lowest BCUT2D eigenvalue weighted by Gasteiger charge is -2.26. The van der Waals surface area contributed by atoms with E-state index in [1.165, 1.54) is 148 Å². The SMILES string of the molecule is C=C=C=CC(CCCC)CCOC(=O)CCCCCCCCCC(CCCCCCCCCC(=O)OCCC(C)CCCC)COCCCN1CCCCC1. The Morgan fingerprint density at radius 2 is 1.15 bits per heavy atom. The predicted octanol–water partition coefficient (Wildman–Crippen LogP) is 13.5. The Labute approximate surface area is 341 Å². The van der Waals surface area contributed by atoms with E-state index in [9.17, 15) is 9.59 Å². The molecule has 1 rings (SSSR count). The van der Waals surface area contributed by atoms with E-state index in [4.69, 9.17) is 14.2 Å². The molecule has 6 heteroatoms. The number of carbonyl (C=O) groups excluding carboxylic acids is 2. The van der Waals surface area contributed by atoms with Crippen LogP contribution >= 0.6 is 0 Å². The number of hydrogen-bond acceptors (Lipinski definition) is 6. The van der Waals surface area contributed by atoms with Crippen molar-refractivity contribution in [3.8, 4) is 0 Å². The van der Waals surface area contributed by atoms with E-state index in [1.807, 2.05) is 6.08 Å². The van der Waals surface area contributed by atoms with Gasteiger partial charge in [0.1, 0.15) is 0 Å². The maximum Gasteiger partial charge on any atom is 0.305 e. The molecule has 0 aromatic heterocycles. The van der Waals surface area contributed by atoms with Crippen LogP contribution in [0.3, 0.4) is 0 Å². The van der Waals surface area contributed by atoms with Crippen molar-refractivity contribution < 1.29 is 23.8 Å². The second-order valence-electron chi connectivity index (χ2n) is 16.9. The maximum absolute atomic E-state index is 12.2. The van der Waals surface area contributed by atoms with Gasteiger partial charge < -0.3 is 19.1 Å². The molecule has 0 aliphatic carbocycles. The fourth-order valence-electron chi connectivity index (χ4n) is 7.80.